The van der Waals surface area contributed by atoms with Gasteiger partial charge in [-0.05, 0) is 6.42 Å². The minimum atomic E-state index is -3.15. The predicted octanol–water partition coefficient (Wildman–Crippen LogP) is 0.432. The molecule has 1 rings (SSSR count). The summed E-state index contributed by atoms with van der Waals surface area (Å²) in [7, 11) is -1.33. The molecule has 1 heterocycles. The lowest BCUT2D eigenvalue weighted by Crippen LogP contribution is -2.28. The Morgan fingerprint density at radius 1 is 1.21 bits per heavy atom. The predicted molar refractivity (Wildman–Crippen MR) is 76.9 cm³/mol. The minimum absolute atomic E-state index is 0.323. The molecule has 7 nitrogen and oxygen atoms in total. The largest absolute Gasteiger partial charge is 0.373 e. The highest BCUT2D eigenvalue weighted by atomic mass is 32.2. The van der Waals surface area contributed by atoms with E-state index in [4.69, 9.17) is 0 Å². The van der Waals surface area contributed by atoms with Crippen molar-refractivity contribution in [1.29, 1.82) is 0 Å². The summed E-state index contributed by atoms with van der Waals surface area (Å²) >= 11 is 0. The number of hydrogen-bond acceptors (Lipinski definition) is 6. The maximum atomic E-state index is 10.9. The van der Waals surface area contributed by atoms with Gasteiger partial charge in [0.15, 0.2) is 0 Å². The summed E-state index contributed by atoms with van der Waals surface area (Å²) < 4.78 is 24.3. The van der Waals surface area contributed by atoms with Crippen LogP contribution in [0.3, 0.4) is 0 Å². The molecular formula is C11H21N5O2S. The molecule has 0 aliphatic rings. The molecule has 1 aromatic rings. The molecule has 0 atom stereocenters. The summed E-state index contributed by atoms with van der Waals surface area (Å²) in [6, 6.07) is 0. The highest BCUT2D eigenvalue weighted by Crippen LogP contribution is 2.20. The summed E-state index contributed by atoms with van der Waals surface area (Å²) in [4.78, 5) is 8.37. The van der Waals surface area contributed by atoms with Crippen LogP contribution >= 0.6 is 0 Å². The van der Waals surface area contributed by atoms with Crippen molar-refractivity contribution in [2.24, 2.45) is 0 Å². The molecule has 0 saturated carbocycles. The fourth-order valence-electron chi connectivity index (χ4n) is 1.68. The molecule has 0 aromatic carbocycles. The first-order valence-corrected chi connectivity index (χ1v) is 8.07. The lowest BCUT2D eigenvalue weighted by Gasteiger charge is -2.13. The van der Waals surface area contributed by atoms with Crippen LogP contribution in [0.15, 0.2) is 6.33 Å². The Bertz CT molecular complexity index is 504. The Labute approximate surface area is 114 Å². The van der Waals surface area contributed by atoms with E-state index in [-0.39, 0.29) is 0 Å². The van der Waals surface area contributed by atoms with Gasteiger partial charge in [0, 0.05) is 25.7 Å². The first-order chi connectivity index (χ1) is 8.98. The Morgan fingerprint density at radius 3 is 2.47 bits per heavy atom. The van der Waals surface area contributed by atoms with E-state index in [0.717, 1.165) is 36.3 Å². The van der Waals surface area contributed by atoms with Gasteiger partial charge in [-0.2, -0.15) is 0 Å². The molecule has 0 bridgehead atoms. The van der Waals surface area contributed by atoms with Crippen LogP contribution in [0, 0.1) is 0 Å². The molecule has 0 amide bonds. The third kappa shape index (κ3) is 5.39. The van der Waals surface area contributed by atoms with Crippen LogP contribution < -0.4 is 15.4 Å². The molecule has 0 aliphatic heterocycles. The van der Waals surface area contributed by atoms with Gasteiger partial charge in [0.05, 0.1) is 6.26 Å². The van der Waals surface area contributed by atoms with E-state index in [1.807, 2.05) is 7.05 Å². The number of sulfonamides is 1. The van der Waals surface area contributed by atoms with Gasteiger partial charge in [-0.3, -0.25) is 0 Å². The average molecular weight is 287 g/mol. The monoisotopic (exact) mass is 287 g/mol. The number of aromatic nitrogens is 2. The fraction of sp³-hybridized carbons (Fsp3) is 0.636. The second-order valence-corrected chi connectivity index (χ2v) is 5.98. The highest BCUT2D eigenvalue weighted by molar-refractivity contribution is 7.88. The molecule has 8 heteroatoms. The number of hydrogen-bond donors (Lipinski definition) is 3. The first kappa shape index (κ1) is 15.6. The van der Waals surface area contributed by atoms with Crippen molar-refractivity contribution < 1.29 is 8.42 Å². The Kier molecular flexibility index (Phi) is 5.97. The van der Waals surface area contributed by atoms with E-state index in [0.29, 0.717) is 13.1 Å². The standard InChI is InChI=1S/C11H21N5O2S/c1-4-5-9-10(12-2)14-8-15-11(9)13-6-7-16-19(3,17)18/h8,16H,4-7H2,1-3H3,(H2,12,13,14,15). The van der Waals surface area contributed by atoms with E-state index in [2.05, 4.69) is 32.2 Å². The molecule has 0 fully saturated rings. The zero-order valence-electron chi connectivity index (χ0n) is 11.5. The number of nitrogens with zero attached hydrogens (tertiary/aromatic N) is 2. The first-order valence-electron chi connectivity index (χ1n) is 6.18. The minimum Gasteiger partial charge on any atom is -0.373 e. The molecule has 0 saturated heterocycles. The number of anilines is 2. The van der Waals surface area contributed by atoms with Crippen LogP contribution in [0.25, 0.3) is 0 Å². The van der Waals surface area contributed by atoms with E-state index >= 15 is 0 Å². The van der Waals surface area contributed by atoms with Crippen LogP contribution in [0.2, 0.25) is 0 Å². The van der Waals surface area contributed by atoms with Gasteiger partial charge < -0.3 is 10.6 Å². The van der Waals surface area contributed by atoms with Gasteiger partial charge in [-0.15, -0.1) is 0 Å². The second kappa shape index (κ2) is 7.25. The molecule has 0 radical (unpaired) electrons. The topological polar surface area (TPSA) is 96.0 Å². The van der Waals surface area contributed by atoms with Crippen molar-refractivity contribution in [3.8, 4) is 0 Å². The Hall–Kier alpha value is -1.41. The van der Waals surface area contributed by atoms with E-state index in [1.165, 1.54) is 6.33 Å². The van der Waals surface area contributed by atoms with Gasteiger partial charge in [-0.25, -0.2) is 23.1 Å². The van der Waals surface area contributed by atoms with Crippen molar-refractivity contribution >= 4 is 21.7 Å². The van der Waals surface area contributed by atoms with Gasteiger partial charge >= 0.3 is 0 Å². The number of rotatable bonds is 8. The molecule has 0 unspecified atom stereocenters. The quantitative estimate of drug-likeness (QED) is 0.600. The summed E-state index contributed by atoms with van der Waals surface area (Å²) in [6.07, 6.45) is 4.47. The lowest BCUT2D eigenvalue weighted by molar-refractivity contribution is 0.589. The van der Waals surface area contributed by atoms with Crippen molar-refractivity contribution in [2.45, 2.75) is 19.8 Å². The molecular weight excluding hydrogens is 266 g/mol. The second-order valence-electron chi connectivity index (χ2n) is 4.14. The average Bonchev–Trinajstić information content (AvgIpc) is 2.35. The Balaban J connectivity index is 2.67. The molecule has 0 aliphatic carbocycles. The third-order valence-corrected chi connectivity index (χ3v) is 3.19. The normalized spacial score (nSPS) is 11.3. The van der Waals surface area contributed by atoms with Crippen molar-refractivity contribution in [1.82, 2.24) is 14.7 Å². The van der Waals surface area contributed by atoms with Gasteiger partial charge in [0.2, 0.25) is 10.0 Å². The molecule has 1 aromatic heterocycles. The smallest absolute Gasteiger partial charge is 0.208 e. The Morgan fingerprint density at radius 2 is 1.89 bits per heavy atom. The molecule has 0 spiro atoms. The SMILES string of the molecule is CCCc1c(NC)ncnc1NCCNS(C)(=O)=O. The van der Waals surface area contributed by atoms with Crippen LogP contribution in [0.1, 0.15) is 18.9 Å². The molecule has 3 N–H and O–H groups in total. The van der Waals surface area contributed by atoms with Crippen LogP contribution in [0.5, 0.6) is 0 Å². The van der Waals surface area contributed by atoms with E-state index in [1.54, 1.807) is 0 Å². The third-order valence-electron chi connectivity index (χ3n) is 2.46. The lowest BCUT2D eigenvalue weighted by atomic mass is 10.1. The zero-order chi connectivity index (χ0) is 14.3. The maximum Gasteiger partial charge on any atom is 0.208 e. The number of nitrogens with one attached hydrogen (secondary N) is 3. The molecule has 19 heavy (non-hydrogen) atoms. The van der Waals surface area contributed by atoms with Gasteiger partial charge in [0.25, 0.3) is 0 Å². The van der Waals surface area contributed by atoms with Gasteiger partial charge in [-0.1, -0.05) is 13.3 Å². The van der Waals surface area contributed by atoms with E-state index in [9.17, 15) is 8.42 Å². The fourth-order valence-corrected chi connectivity index (χ4v) is 2.16. The summed E-state index contributed by atoms with van der Waals surface area (Å²) in [5, 5.41) is 6.16. The summed E-state index contributed by atoms with van der Waals surface area (Å²) in [5.74, 6) is 1.55. The van der Waals surface area contributed by atoms with Crippen LogP contribution in [-0.4, -0.2) is 44.8 Å². The van der Waals surface area contributed by atoms with Gasteiger partial charge in [0.1, 0.15) is 18.0 Å². The van der Waals surface area contributed by atoms with E-state index < -0.39 is 10.0 Å². The molecule has 108 valence electrons. The maximum absolute atomic E-state index is 10.9. The van der Waals surface area contributed by atoms with Crippen molar-refractivity contribution in [3.63, 3.8) is 0 Å². The van der Waals surface area contributed by atoms with Crippen molar-refractivity contribution in [2.75, 3.05) is 37.0 Å². The zero-order valence-corrected chi connectivity index (χ0v) is 12.3. The summed E-state index contributed by atoms with van der Waals surface area (Å²) in [5.41, 5.74) is 1.02. The van der Waals surface area contributed by atoms with Crippen LogP contribution in [-0.2, 0) is 16.4 Å². The van der Waals surface area contributed by atoms with Crippen LogP contribution in [0.4, 0.5) is 11.6 Å². The highest BCUT2D eigenvalue weighted by Gasteiger charge is 2.09. The van der Waals surface area contributed by atoms with Crippen molar-refractivity contribution in [3.05, 3.63) is 11.9 Å². The summed E-state index contributed by atoms with van der Waals surface area (Å²) in [6.45, 7) is 2.88.